The first-order valence-electron chi connectivity index (χ1n) is 5.59. The molecule has 0 radical (unpaired) electrons. The molecule has 0 saturated heterocycles. The third-order valence-electron chi connectivity index (χ3n) is 3.04. The topological polar surface area (TPSA) is 12.0 Å². The Morgan fingerprint density at radius 2 is 1.88 bits per heavy atom. The Morgan fingerprint density at radius 3 is 2.31 bits per heavy atom. The summed E-state index contributed by atoms with van der Waals surface area (Å²) in [7, 11) is 2.01. The average molecular weight is 305 g/mol. The van der Waals surface area contributed by atoms with Crippen LogP contribution in [0.3, 0.4) is 0 Å². The van der Waals surface area contributed by atoms with Gasteiger partial charge in [-0.25, -0.2) is 0 Å². The van der Waals surface area contributed by atoms with E-state index in [9.17, 15) is 0 Å². The molecule has 0 aliphatic rings. The summed E-state index contributed by atoms with van der Waals surface area (Å²) < 4.78 is 1.03. The van der Waals surface area contributed by atoms with Crippen molar-refractivity contribution in [3.05, 3.63) is 33.3 Å². The lowest BCUT2D eigenvalue weighted by Crippen LogP contribution is -2.35. The van der Waals surface area contributed by atoms with Crippen molar-refractivity contribution in [3.8, 4) is 0 Å². The highest BCUT2D eigenvalue weighted by molar-refractivity contribution is 9.10. The largest absolute Gasteiger partial charge is 0.316 e. The van der Waals surface area contributed by atoms with E-state index >= 15 is 0 Å². The third kappa shape index (κ3) is 3.22. The highest BCUT2D eigenvalue weighted by atomic mass is 79.9. The number of hydrogen-bond donors (Lipinski definition) is 1. The van der Waals surface area contributed by atoms with Crippen LogP contribution < -0.4 is 5.32 Å². The van der Waals surface area contributed by atoms with Gasteiger partial charge in [-0.3, -0.25) is 0 Å². The number of rotatable bonds is 4. The predicted octanol–water partition coefficient (Wildman–Crippen LogP) is 4.45. The monoisotopic (exact) mass is 303 g/mol. The summed E-state index contributed by atoms with van der Waals surface area (Å²) in [5, 5.41) is 4.21. The summed E-state index contributed by atoms with van der Waals surface area (Å²) in [6.07, 6.45) is 0. The molecule has 90 valence electrons. The van der Waals surface area contributed by atoms with E-state index in [1.165, 1.54) is 5.56 Å². The van der Waals surface area contributed by atoms with Gasteiger partial charge in [0.1, 0.15) is 0 Å². The maximum atomic E-state index is 6.27. The van der Waals surface area contributed by atoms with Crippen LogP contribution in [-0.4, -0.2) is 13.1 Å². The summed E-state index contributed by atoms with van der Waals surface area (Å²) >= 11 is 9.70. The quantitative estimate of drug-likeness (QED) is 0.866. The molecule has 1 N–H and O–H groups in total. The van der Waals surface area contributed by atoms with Crippen LogP contribution in [0.25, 0.3) is 0 Å². The molecular weight excluding hydrogens is 286 g/mol. The van der Waals surface area contributed by atoms with Crippen LogP contribution in [0.5, 0.6) is 0 Å². The zero-order chi connectivity index (χ0) is 12.3. The maximum Gasteiger partial charge on any atom is 0.0452 e. The molecular formula is C13H19BrClN. The van der Waals surface area contributed by atoms with Crippen molar-refractivity contribution in [1.29, 1.82) is 0 Å². The molecule has 0 saturated carbocycles. The zero-order valence-electron chi connectivity index (χ0n) is 10.2. The summed E-state index contributed by atoms with van der Waals surface area (Å²) in [6, 6.07) is 6.55. The van der Waals surface area contributed by atoms with Gasteiger partial charge in [0.25, 0.3) is 0 Å². The second kappa shape index (κ2) is 6.04. The third-order valence-corrected chi connectivity index (χ3v) is 3.86. The van der Waals surface area contributed by atoms with Gasteiger partial charge in [-0.2, -0.15) is 0 Å². The molecule has 0 spiro atoms. The van der Waals surface area contributed by atoms with E-state index in [0.29, 0.717) is 17.9 Å². The summed E-state index contributed by atoms with van der Waals surface area (Å²) in [5.74, 6) is 0.991. The average Bonchev–Trinajstić information content (AvgIpc) is 2.17. The van der Waals surface area contributed by atoms with Crippen LogP contribution in [0.15, 0.2) is 22.7 Å². The van der Waals surface area contributed by atoms with Gasteiger partial charge in [-0.1, -0.05) is 54.4 Å². The van der Waals surface area contributed by atoms with Gasteiger partial charge < -0.3 is 5.32 Å². The van der Waals surface area contributed by atoms with Gasteiger partial charge in [-0.15, -0.1) is 0 Å². The van der Waals surface area contributed by atoms with Gasteiger partial charge in [0.2, 0.25) is 0 Å². The molecule has 1 aromatic rings. The van der Waals surface area contributed by atoms with Gasteiger partial charge in [-0.05, 0) is 36.6 Å². The van der Waals surface area contributed by atoms with Gasteiger partial charge >= 0.3 is 0 Å². The lowest BCUT2D eigenvalue weighted by molar-refractivity contribution is 0.376. The van der Waals surface area contributed by atoms with Crippen molar-refractivity contribution in [2.45, 2.75) is 32.7 Å². The van der Waals surface area contributed by atoms with Crippen LogP contribution in [0.2, 0.25) is 5.02 Å². The fraction of sp³-hybridized carbons (Fsp3) is 0.538. The molecule has 2 unspecified atom stereocenters. The van der Waals surface area contributed by atoms with Crippen molar-refractivity contribution in [3.63, 3.8) is 0 Å². The first-order chi connectivity index (χ1) is 7.47. The summed E-state index contributed by atoms with van der Waals surface area (Å²) in [4.78, 5) is 0. The van der Waals surface area contributed by atoms with Gasteiger partial charge in [0.05, 0.1) is 0 Å². The molecule has 3 heteroatoms. The Morgan fingerprint density at radius 1 is 1.25 bits per heavy atom. The molecule has 0 bridgehead atoms. The Labute approximate surface area is 112 Å². The van der Waals surface area contributed by atoms with E-state index in [1.807, 2.05) is 19.2 Å². The molecule has 0 fully saturated rings. The molecule has 1 aromatic carbocycles. The number of benzene rings is 1. The summed E-state index contributed by atoms with van der Waals surface area (Å²) in [5.41, 5.74) is 1.21. The second-order valence-corrected chi connectivity index (χ2v) is 5.84. The molecule has 16 heavy (non-hydrogen) atoms. The van der Waals surface area contributed by atoms with Gasteiger partial charge in [0, 0.05) is 15.5 Å². The Balaban J connectivity index is 2.99. The highest BCUT2D eigenvalue weighted by Crippen LogP contribution is 2.31. The Hall–Kier alpha value is -0.0500. The SMILES string of the molecule is CNC(C(C)C)C(C)c1ccc(Br)cc1Cl. The maximum absolute atomic E-state index is 6.27. The first kappa shape index (κ1) is 14.0. The molecule has 0 aromatic heterocycles. The zero-order valence-corrected chi connectivity index (χ0v) is 12.6. The fourth-order valence-electron chi connectivity index (χ4n) is 2.22. The predicted molar refractivity (Wildman–Crippen MR) is 75.3 cm³/mol. The standard InChI is InChI=1S/C13H19BrClN/c1-8(2)13(16-4)9(3)11-6-5-10(14)7-12(11)15/h5-9,13,16H,1-4H3. The second-order valence-electron chi connectivity index (χ2n) is 4.51. The molecule has 0 aliphatic carbocycles. The van der Waals surface area contributed by atoms with E-state index in [0.717, 1.165) is 9.50 Å². The molecule has 0 aliphatic heterocycles. The van der Waals surface area contributed by atoms with Crippen LogP contribution in [-0.2, 0) is 0 Å². The molecule has 1 rings (SSSR count). The van der Waals surface area contributed by atoms with E-state index < -0.39 is 0 Å². The number of likely N-dealkylation sites (N-methyl/N-ethyl adjacent to an activating group) is 1. The fourth-order valence-corrected chi connectivity index (χ4v) is 3.07. The lowest BCUT2D eigenvalue weighted by Gasteiger charge is -2.28. The highest BCUT2D eigenvalue weighted by Gasteiger charge is 2.22. The first-order valence-corrected chi connectivity index (χ1v) is 6.76. The minimum absolute atomic E-state index is 0.408. The number of halogens is 2. The smallest absolute Gasteiger partial charge is 0.0452 e. The van der Waals surface area contributed by atoms with Crippen molar-refractivity contribution in [2.75, 3.05) is 7.05 Å². The Kier molecular flexibility index (Phi) is 5.29. The van der Waals surface area contributed by atoms with Crippen LogP contribution >= 0.6 is 27.5 Å². The van der Waals surface area contributed by atoms with Crippen LogP contribution in [0, 0.1) is 5.92 Å². The lowest BCUT2D eigenvalue weighted by atomic mass is 9.86. The van der Waals surface area contributed by atoms with Crippen molar-refractivity contribution < 1.29 is 0 Å². The minimum atomic E-state index is 0.408. The normalized spacial score (nSPS) is 15.2. The van der Waals surface area contributed by atoms with E-state index in [2.05, 4.69) is 48.1 Å². The molecule has 0 heterocycles. The number of nitrogens with one attached hydrogen (secondary N) is 1. The van der Waals surface area contributed by atoms with Crippen LogP contribution in [0.1, 0.15) is 32.3 Å². The van der Waals surface area contributed by atoms with E-state index in [4.69, 9.17) is 11.6 Å². The number of hydrogen-bond acceptors (Lipinski definition) is 1. The molecule has 2 atom stereocenters. The van der Waals surface area contributed by atoms with E-state index in [1.54, 1.807) is 0 Å². The van der Waals surface area contributed by atoms with Crippen LogP contribution in [0.4, 0.5) is 0 Å². The van der Waals surface area contributed by atoms with Gasteiger partial charge in [0.15, 0.2) is 0 Å². The summed E-state index contributed by atoms with van der Waals surface area (Å²) in [6.45, 7) is 6.67. The minimum Gasteiger partial charge on any atom is -0.316 e. The molecule has 0 amide bonds. The van der Waals surface area contributed by atoms with Crippen molar-refractivity contribution in [1.82, 2.24) is 5.32 Å². The van der Waals surface area contributed by atoms with Crippen molar-refractivity contribution >= 4 is 27.5 Å². The molecule has 1 nitrogen and oxygen atoms in total. The van der Waals surface area contributed by atoms with E-state index in [-0.39, 0.29) is 0 Å². The van der Waals surface area contributed by atoms with Crippen molar-refractivity contribution in [2.24, 2.45) is 5.92 Å². The Bertz CT molecular complexity index is 352.